The van der Waals surface area contributed by atoms with Gasteiger partial charge in [-0.05, 0) is 61.7 Å². The van der Waals surface area contributed by atoms with Crippen molar-refractivity contribution in [1.82, 2.24) is 5.32 Å². The van der Waals surface area contributed by atoms with Crippen molar-refractivity contribution in [3.63, 3.8) is 0 Å². The Morgan fingerprint density at radius 2 is 1.61 bits per heavy atom. The average molecular weight is 511 g/mol. The van der Waals surface area contributed by atoms with Crippen LogP contribution in [0.15, 0.2) is 95.7 Å². The zero-order chi connectivity index (χ0) is 27.1. The predicted molar refractivity (Wildman–Crippen MR) is 146 cm³/mol. The molecule has 1 aliphatic rings. The molecule has 7 nitrogen and oxygen atoms in total. The maximum absolute atomic E-state index is 13.4. The summed E-state index contributed by atoms with van der Waals surface area (Å²) in [4.78, 5) is 39.6. The van der Waals surface area contributed by atoms with Crippen molar-refractivity contribution < 1.29 is 23.9 Å². The normalized spacial score (nSPS) is 14.1. The topological polar surface area (TPSA) is 84.9 Å². The van der Waals surface area contributed by atoms with E-state index in [2.05, 4.69) is 5.32 Å². The third kappa shape index (κ3) is 6.18. The van der Waals surface area contributed by atoms with Crippen LogP contribution < -0.4 is 15.0 Å². The fraction of sp³-hybridized carbons (Fsp3) is 0.194. The van der Waals surface area contributed by atoms with E-state index in [0.29, 0.717) is 29.2 Å². The molecule has 0 saturated carbocycles. The van der Waals surface area contributed by atoms with Crippen LogP contribution in [0.3, 0.4) is 0 Å². The number of esters is 1. The van der Waals surface area contributed by atoms with Gasteiger partial charge in [0, 0.05) is 17.9 Å². The molecule has 0 bridgehead atoms. The predicted octanol–water partition coefficient (Wildman–Crippen LogP) is 4.61. The highest BCUT2D eigenvalue weighted by Gasteiger charge is 2.37. The molecule has 1 heterocycles. The number of ether oxygens (including phenoxy) is 2. The SMILES string of the molecule is COC(=O)C1=C(C)N(c2ccc(C)cc2)C(=O)/C1=C\c1ccc(OCC(=O)NCCc2ccccc2)cc1. The molecular weight excluding hydrogens is 480 g/mol. The second-order valence-electron chi connectivity index (χ2n) is 8.93. The molecule has 2 amide bonds. The summed E-state index contributed by atoms with van der Waals surface area (Å²) in [6.45, 7) is 4.12. The number of carbonyl (C=O) groups excluding carboxylic acids is 3. The Bertz CT molecular complexity index is 1370. The van der Waals surface area contributed by atoms with E-state index in [-0.39, 0.29) is 29.6 Å². The first-order valence-corrected chi connectivity index (χ1v) is 12.3. The lowest BCUT2D eigenvalue weighted by Gasteiger charge is -2.18. The number of hydrogen-bond acceptors (Lipinski definition) is 5. The molecule has 1 N–H and O–H groups in total. The summed E-state index contributed by atoms with van der Waals surface area (Å²) < 4.78 is 10.6. The second-order valence-corrected chi connectivity index (χ2v) is 8.93. The summed E-state index contributed by atoms with van der Waals surface area (Å²) in [6, 6.07) is 24.4. The zero-order valence-electron chi connectivity index (χ0n) is 21.7. The summed E-state index contributed by atoms with van der Waals surface area (Å²) in [5.41, 5.74) is 4.59. The largest absolute Gasteiger partial charge is 0.484 e. The lowest BCUT2D eigenvalue weighted by Crippen LogP contribution is -2.30. The van der Waals surface area contributed by atoms with E-state index in [4.69, 9.17) is 9.47 Å². The molecule has 3 aromatic carbocycles. The third-order valence-electron chi connectivity index (χ3n) is 6.22. The number of aryl methyl sites for hydroxylation is 1. The maximum Gasteiger partial charge on any atom is 0.340 e. The molecule has 4 rings (SSSR count). The van der Waals surface area contributed by atoms with Gasteiger partial charge in [0.1, 0.15) is 5.75 Å². The van der Waals surface area contributed by atoms with Crippen molar-refractivity contribution in [3.05, 3.63) is 112 Å². The molecule has 7 heteroatoms. The van der Waals surface area contributed by atoms with Crippen LogP contribution in [0.1, 0.15) is 23.6 Å². The Morgan fingerprint density at radius 3 is 2.26 bits per heavy atom. The van der Waals surface area contributed by atoms with Gasteiger partial charge in [0.15, 0.2) is 6.61 Å². The number of carbonyl (C=O) groups is 3. The first-order valence-electron chi connectivity index (χ1n) is 12.3. The zero-order valence-corrected chi connectivity index (χ0v) is 21.7. The van der Waals surface area contributed by atoms with Crippen molar-refractivity contribution >= 4 is 29.5 Å². The van der Waals surface area contributed by atoms with Gasteiger partial charge in [-0.25, -0.2) is 4.79 Å². The Kier molecular flexibility index (Phi) is 8.38. The number of anilines is 1. The quantitative estimate of drug-likeness (QED) is 0.336. The number of amides is 2. The molecule has 0 saturated heterocycles. The molecule has 0 aliphatic carbocycles. The van der Waals surface area contributed by atoms with Gasteiger partial charge in [0.05, 0.1) is 18.3 Å². The van der Waals surface area contributed by atoms with Gasteiger partial charge >= 0.3 is 5.97 Å². The highest BCUT2D eigenvalue weighted by molar-refractivity contribution is 6.23. The summed E-state index contributed by atoms with van der Waals surface area (Å²) in [5.74, 6) is -0.568. The fourth-order valence-electron chi connectivity index (χ4n) is 4.20. The van der Waals surface area contributed by atoms with Crippen molar-refractivity contribution in [3.8, 4) is 5.75 Å². The second kappa shape index (κ2) is 12.1. The van der Waals surface area contributed by atoms with Crippen molar-refractivity contribution in [2.45, 2.75) is 20.3 Å². The molecular formula is C31H30N2O5. The Hall–Kier alpha value is -4.65. The maximum atomic E-state index is 13.4. The molecule has 0 radical (unpaired) electrons. The Morgan fingerprint density at radius 1 is 0.921 bits per heavy atom. The van der Waals surface area contributed by atoms with Gasteiger partial charge in [-0.3, -0.25) is 14.5 Å². The van der Waals surface area contributed by atoms with Crippen LogP contribution in [-0.2, 0) is 25.5 Å². The van der Waals surface area contributed by atoms with Crippen molar-refractivity contribution in [2.75, 3.05) is 25.2 Å². The molecule has 0 atom stereocenters. The third-order valence-corrected chi connectivity index (χ3v) is 6.22. The fourth-order valence-corrected chi connectivity index (χ4v) is 4.20. The van der Waals surface area contributed by atoms with Gasteiger partial charge in [-0.15, -0.1) is 0 Å². The standard InChI is InChI=1S/C31H30N2O5/c1-21-9-13-25(14-10-21)33-22(2)29(31(36)37-3)27(30(33)35)19-24-11-15-26(16-12-24)38-20-28(34)32-18-17-23-7-5-4-6-8-23/h4-16,19H,17-18,20H2,1-3H3,(H,32,34)/b27-19-. The minimum Gasteiger partial charge on any atom is -0.484 e. The van der Waals surface area contributed by atoms with E-state index in [0.717, 1.165) is 17.5 Å². The van der Waals surface area contributed by atoms with Crippen LogP contribution in [0.5, 0.6) is 5.75 Å². The van der Waals surface area contributed by atoms with E-state index in [1.165, 1.54) is 12.0 Å². The summed E-state index contributed by atoms with van der Waals surface area (Å²) in [5, 5.41) is 2.85. The summed E-state index contributed by atoms with van der Waals surface area (Å²) >= 11 is 0. The summed E-state index contributed by atoms with van der Waals surface area (Å²) in [6.07, 6.45) is 2.41. The monoisotopic (exact) mass is 510 g/mol. The Labute approximate surface area is 222 Å². The molecule has 194 valence electrons. The molecule has 0 spiro atoms. The van der Waals surface area contributed by atoms with Crippen LogP contribution >= 0.6 is 0 Å². The number of rotatable bonds is 9. The lowest BCUT2D eigenvalue weighted by molar-refractivity contribution is -0.136. The van der Waals surface area contributed by atoms with Crippen molar-refractivity contribution in [1.29, 1.82) is 0 Å². The molecule has 38 heavy (non-hydrogen) atoms. The molecule has 0 aromatic heterocycles. The van der Waals surface area contributed by atoms with E-state index >= 15 is 0 Å². The highest BCUT2D eigenvalue weighted by atomic mass is 16.5. The van der Waals surface area contributed by atoms with E-state index in [1.807, 2.05) is 61.5 Å². The van der Waals surface area contributed by atoms with Gasteiger partial charge in [-0.2, -0.15) is 0 Å². The first kappa shape index (κ1) is 26.4. The Balaban J connectivity index is 1.42. The van der Waals surface area contributed by atoms with Gasteiger partial charge in [0.2, 0.25) is 0 Å². The highest BCUT2D eigenvalue weighted by Crippen LogP contribution is 2.35. The molecule has 0 fully saturated rings. The van der Waals surface area contributed by atoms with Crippen LogP contribution in [0.25, 0.3) is 6.08 Å². The molecule has 0 unspecified atom stereocenters. The van der Waals surface area contributed by atoms with E-state index < -0.39 is 5.97 Å². The minimum absolute atomic E-state index is 0.104. The van der Waals surface area contributed by atoms with Gasteiger partial charge < -0.3 is 14.8 Å². The van der Waals surface area contributed by atoms with E-state index in [1.54, 1.807) is 37.3 Å². The van der Waals surface area contributed by atoms with Crippen LogP contribution in [0.4, 0.5) is 5.69 Å². The van der Waals surface area contributed by atoms with Crippen molar-refractivity contribution in [2.24, 2.45) is 0 Å². The number of nitrogens with zero attached hydrogens (tertiary/aromatic N) is 1. The van der Waals surface area contributed by atoms with Crippen LogP contribution in [0, 0.1) is 6.92 Å². The van der Waals surface area contributed by atoms with E-state index in [9.17, 15) is 14.4 Å². The molecule has 1 aliphatic heterocycles. The number of hydrogen-bond donors (Lipinski definition) is 1. The summed E-state index contributed by atoms with van der Waals surface area (Å²) in [7, 11) is 1.29. The minimum atomic E-state index is -0.574. The number of nitrogens with one attached hydrogen (secondary N) is 1. The molecule has 3 aromatic rings. The first-order chi connectivity index (χ1) is 18.4. The number of benzene rings is 3. The average Bonchev–Trinajstić information content (AvgIpc) is 3.17. The van der Waals surface area contributed by atoms with Gasteiger partial charge in [-0.1, -0.05) is 60.2 Å². The van der Waals surface area contributed by atoms with Gasteiger partial charge in [0.25, 0.3) is 11.8 Å². The smallest absolute Gasteiger partial charge is 0.340 e. The number of allylic oxidation sites excluding steroid dienone is 1. The lowest BCUT2D eigenvalue weighted by atomic mass is 10.0. The van der Waals surface area contributed by atoms with Crippen LogP contribution in [-0.4, -0.2) is 38.0 Å². The number of methoxy groups -OCH3 is 1. The van der Waals surface area contributed by atoms with Crippen LogP contribution in [0.2, 0.25) is 0 Å².